The molecule has 0 aliphatic carbocycles. The number of ether oxygens (including phenoxy) is 1. The number of tetrazole rings is 1. The first-order chi connectivity index (χ1) is 12.1. The Hall–Kier alpha value is -3.22. The van der Waals surface area contributed by atoms with Gasteiger partial charge in [0, 0.05) is 11.3 Å². The molecule has 0 bridgehead atoms. The van der Waals surface area contributed by atoms with Gasteiger partial charge in [0.15, 0.2) is 0 Å². The van der Waals surface area contributed by atoms with Gasteiger partial charge >= 0.3 is 0 Å². The van der Waals surface area contributed by atoms with Crippen LogP contribution in [0.4, 0.5) is 5.69 Å². The number of benzene rings is 2. The maximum Gasteiger partial charge on any atom is 0.255 e. The smallest absolute Gasteiger partial charge is 0.255 e. The van der Waals surface area contributed by atoms with Crippen LogP contribution in [0.1, 0.15) is 24.2 Å². The highest BCUT2D eigenvalue weighted by molar-refractivity contribution is 6.04. The summed E-state index contributed by atoms with van der Waals surface area (Å²) >= 11 is 0. The number of carbonyl (C=O) groups is 1. The molecule has 3 aromatic rings. The first kappa shape index (κ1) is 16.6. The molecular formula is C18H19N5O2. The quantitative estimate of drug-likeness (QED) is 0.748. The zero-order chi connectivity index (χ0) is 17.6. The average molecular weight is 337 g/mol. The topological polar surface area (TPSA) is 81.9 Å². The van der Waals surface area contributed by atoms with Crippen LogP contribution in [0.15, 0.2) is 54.9 Å². The van der Waals surface area contributed by atoms with Gasteiger partial charge in [-0.05, 0) is 64.9 Å². The van der Waals surface area contributed by atoms with Gasteiger partial charge in [-0.2, -0.15) is 0 Å². The molecule has 0 saturated heterocycles. The Bertz CT molecular complexity index is 812. The summed E-state index contributed by atoms with van der Waals surface area (Å²) in [5.74, 6) is 1.04. The number of nitrogens with zero attached hydrogens (tertiary/aromatic N) is 4. The summed E-state index contributed by atoms with van der Waals surface area (Å²) < 4.78 is 7.16. The number of hydrogen-bond acceptors (Lipinski definition) is 5. The molecule has 0 fully saturated rings. The molecule has 0 radical (unpaired) electrons. The number of anilines is 1. The van der Waals surface area contributed by atoms with Crippen LogP contribution in [-0.2, 0) is 0 Å². The van der Waals surface area contributed by atoms with Crippen molar-refractivity contribution in [1.82, 2.24) is 20.2 Å². The van der Waals surface area contributed by atoms with Gasteiger partial charge in [0.1, 0.15) is 12.1 Å². The largest absolute Gasteiger partial charge is 0.493 e. The fourth-order valence-electron chi connectivity index (χ4n) is 2.15. The molecule has 25 heavy (non-hydrogen) atoms. The van der Waals surface area contributed by atoms with Crippen molar-refractivity contribution in [3.05, 3.63) is 60.4 Å². The van der Waals surface area contributed by atoms with Gasteiger partial charge in [0.2, 0.25) is 0 Å². The second kappa shape index (κ2) is 7.57. The molecule has 0 aliphatic rings. The third kappa shape index (κ3) is 4.41. The zero-order valence-electron chi connectivity index (χ0n) is 14.1. The molecule has 1 heterocycles. The van der Waals surface area contributed by atoms with Crippen LogP contribution in [0.5, 0.6) is 5.75 Å². The third-order valence-corrected chi connectivity index (χ3v) is 3.44. The van der Waals surface area contributed by atoms with E-state index >= 15 is 0 Å². The Morgan fingerprint density at radius 3 is 2.44 bits per heavy atom. The van der Waals surface area contributed by atoms with Crippen LogP contribution in [0.2, 0.25) is 0 Å². The van der Waals surface area contributed by atoms with E-state index < -0.39 is 0 Å². The molecule has 0 spiro atoms. The summed E-state index contributed by atoms with van der Waals surface area (Å²) in [7, 11) is 0. The van der Waals surface area contributed by atoms with Crippen molar-refractivity contribution in [2.75, 3.05) is 11.9 Å². The first-order valence-corrected chi connectivity index (χ1v) is 7.99. The van der Waals surface area contributed by atoms with Crippen LogP contribution >= 0.6 is 0 Å². The van der Waals surface area contributed by atoms with Gasteiger partial charge in [-0.15, -0.1) is 5.10 Å². The maximum atomic E-state index is 12.3. The van der Waals surface area contributed by atoms with E-state index in [9.17, 15) is 4.79 Å². The summed E-state index contributed by atoms with van der Waals surface area (Å²) in [6, 6.07) is 14.4. The minimum atomic E-state index is -0.175. The molecule has 7 heteroatoms. The fraction of sp³-hybridized carbons (Fsp3) is 0.222. The molecule has 2 aromatic carbocycles. The van der Waals surface area contributed by atoms with Crippen molar-refractivity contribution in [3.8, 4) is 11.4 Å². The highest BCUT2D eigenvalue weighted by atomic mass is 16.5. The Morgan fingerprint density at radius 2 is 1.84 bits per heavy atom. The van der Waals surface area contributed by atoms with Crippen molar-refractivity contribution in [3.63, 3.8) is 0 Å². The predicted octanol–water partition coefficient (Wildman–Crippen LogP) is 2.95. The van der Waals surface area contributed by atoms with Crippen molar-refractivity contribution >= 4 is 11.6 Å². The van der Waals surface area contributed by atoms with Gasteiger partial charge < -0.3 is 10.1 Å². The maximum absolute atomic E-state index is 12.3. The van der Waals surface area contributed by atoms with Crippen LogP contribution in [-0.4, -0.2) is 32.7 Å². The molecule has 3 rings (SSSR count). The molecule has 0 saturated carbocycles. The minimum Gasteiger partial charge on any atom is -0.493 e. The predicted molar refractivity (Wildman–Crippen MR) is 93.9 cm³/mol. The highest BCUT2D eigenvalue weighted by Crippen LogP contribution is 2.16. The highest BCUT2D eigenvalue weighted by Gasteiger charge is 2.07. The van der Waals surface area contributed by atoms with Gasteiger partial charge in [-0.3, -0.25) is 4.79 Å². The number of amides is 1. The van der Waals surface area contributed by atoms with Crippen molar-refractivity contribution in [2.24, 2.45) is 5.92 Å². The normalized spacial score (nSPS) is 10.7. The Labute approximate surface area is 145 Å². The van der Waals surface area contributed by atoms with Crippen molar-refractivity contribution in [1.29, 1.82) is 0 Å². The van der Waals surface area contributed by atoms with Crippen LogP contribution < -0.4 is 10.1 Å². The minimum absolute atomic E-state index is 0.175. The van der Waals surface area contributed by atoms with E-state index in [0.717, 1.165) is 11.4 Å². The summed E-state index contributed by atoms with van der Waals surface area (Å²) in [5.41, 5.74) is 2.08. The van der Waals surface area contributed by atoms with E-state index in [0.29, 0.717) is 23.8 Å². The van der Waals surface area contributed by atoms with E-state index in [1.54, 1.807) is 41.1 Å². The SMILES string of the molecule is CC(C)COc1ccc(C(=O)Nc2ccc(-n3cnnn3)cc2)cc1. The molecule has 7 nitrogen and oxygen atoms in total. The van der Waals surface area contributed by atoms with E-state index in [4.69, 9.17) is 4.74 Å². The summed E-state index contributed by atoms with van der Waals surface area (Å²) in [6.07, 6.45) is 1.51. The van der Waals surface area contributed by atoms with Crippen molar-refractivity contribution in [2.45, 2.75) is 13.8 Å². The summed E-state index contributed by atoms with van der Waals surface area (Å²) in [4.78, 5) is 12.3. The molecule has 1 amide bonds. The van der Waals surface area contributed by atoms with Gasteiger partial charge in [-0.25, -0.2) is 4.68 Å². The Morgan fingerprint density at radius 1 is 1.12 bits per heavy atom. The van der Waals surface area contributed by atoms with Gasteiger partial charge in [-0.1, -0.05) is 13.8 Å². The van der Waals surface area contributed by atoms with E-state index in [-0.39, 0.29) is 5.91 Å². The number of aromatic nitrogens is 4. The summed E-state index contributed by atoms with van der Waals surface area (Å²) in [6.45, 7) is 4.83. The number of hydrogen-bond donors (Lipinski definition) is 1. The number of carbonyl (C=O) groups excluding carboxylic acids is 1. The first-order valence-electron chi connectivity index (χ1n) is 7.99. The lowest BCUT2D eigenvalue weighted by Gasteiger charge is -2.10. The molecule has 0 atom stereocenters. The zero-order valence-corrected chi connectivity index (χ0v) is 14.1. The van der Waals surface area contributed by atoms with Crippen LogP contribution in [0.3, 0.4) is 0 Å². The van der Waals surface area contributed by atoms with E-state index in [2.05, 4.69) is 34.7 Å². The summed E-state index contributed by atoms with van der Waals surface area (Å²) in [5, 5.41) is 13.9. The number of nitrogens with one attached hydrogen (secondary N) is 1. The van der Waals surface area contributed by atoms with E-state index in [1.807, 2.05) is 12.1 Å². The van der Waals surface area contributed by atoms with Gasteiger partial charge in [0.05, 0.1) is 12.3 Å². The molecule has 1 aromatic heterocycles. The van der Waals surface area contributed by atoms with Crippen LogP contribution in [0.25, 0.3) is 5.69 Å². The molecular weight excluding hydrogens is 318 g/mol. The lowest BCUT2D eigenvalue weighted by Crippen LogP contribution is -2.12. The fourth-order valence-corrected chi connectivity index (χ4v) is 2.15. The van der Waals surface area contributed by atoms with Crippen LogP contribution in [0, 0.1) is 5.92 Å². The number of rotatable bonds is 6. The van der Waals surface area contributed by atoms with Crippen molar-refractivity contribution < 1.29 is 9.53 Å². The lowest BCUT2D eigenvalue weighted by atomic mass is 10.2. The second-order valence-corrected chi connectivity index (χ2v) is 5.98. The van der Waals surface area contributed by atoms with Gasteiger partial charge in [0.25, 0.3) is 5.91 Å². The third-order valence-electron chi connectivity index (χ3n) is 3.44. The standard InChI is InChI=1S/C18H19N5O2/c1-13(2)11-25-17-9-3-14(4-10-17)18(24)20-15-5-7-16(8-6-15)23-12-19-21-22-23/h3-10,12-13H,11H2,1-2H3,(H,20,24). The molecule has 1 N–H and O–H groups in total. The molecule has 0 unspecified atom stereocenters. The lowest BCUT2D eigenvalue weighted by molar-refractivity contribution is 0.102. The average Bonchev–Trinajstić information content (AvgIpc) is 3.15. The Kier molecular flexibility index (Phi) is 5.03. The van der Waals surface area contributed by atoms with E-state index in [1.165, 1.54) is 6.33 Å². The molecule has 0 aliphatic heterocycles. The Balaban J connectivity index is 1.62. The molecule has 128 valence electrons. The second-order valence-electron chi connectivity index (χ2n) is 5.98. The monoisotopic (exact) mass is 337 g/mol.